The van der Waals surface area contributed by atoms with Gasteiger partial charge in [0, 0.05) is 16.6 Å². The SMILES string of the molecule is COc1cc(N2CC[NH+](Cc3ccccc3)CC2)c([N+](=O)[O-])nc1[N+](=O)[O-]. The Kier molecular flexibility index (Phi) is 5.46. The molecule has 0 aliphatic carbocycles. The molecule has 0 saturated carbocycles. The van der Waals surface area contributed by atoms with E-state index in [-0.39, 0.29) is 11.4 Å². The van der Waals surface area contributed by atoms with Crippen LogP contribution in [0.2, 0.25) is 0 Å². The molecule has 0 bridgehead atoms. The van der Waals surface area contributed by atoms with E-state index in [1.807, 2.05) is 23.1 Å². The number of benzene rings is 1. The van der Waals surface area contributed by atoms with Crippen molar-refractivity contribution in [3.05, 3.63) is 62.2 Å². The van der Waals surface area contributed by atoms with Gasteiger partial charge in [-0.3, -0.25) is 0 Å². The van der Waals surface area contributed by atoms with Crippen molar-refractivity contribution in [3.8, 4) is 5.75 Å². The van der Waals surface area contributed by atoms with Crippen LogP contribution in [0.3, 0.4) is 0 Å². The number of ether oxygens (including phenoxy) is 1. The van der Waals surface area contributed by atoms with Crippen LogP contribution < -0.4 is 14.5 Å². The number of piperazine rings is 1. The van der Waals surface area contributed by atoms with Gasteiger partial charge in [-0.15, -0.1) is 0 Å². The van der Waals surface area contributed by atoms with Crippen LogP contribution in [0.25, 0.3) is 0 Å². The van der Waals surface area contributed by atoms with Gasteiger partial charge in [0.25, 0.3) is 0 Å². The van der Waals surface area contributed by atoms with Gasteiger partial charge in [-0.2, -0.15) is 0 Å². The maximum absolute atomic E-state index is 11.4. The van der Waals surface area contributed by atoms with Crippen molar-refractivity contribution in [2.24, 2.45) is 0 Å². The largest absolute Gasteiger partial charge is 0.489 e. The lowest BCUT2D eigenvalue weighted by molar-refractivity contribution is -0.914. The Morgan fingerprint density at radius 3 is 2.30 bits per heavy atom. The quantitative estimate of drug-likeness (QED) is 0.587. The average molecular weight is 374 g/mol. The maximum Gasteiger partial charge on any atom is 0.410 e. The zero-order chi connectivity index (χ0) is 19.4. The van der Waals surface area contributed by atoms with Crippen molar-refractivity contribution in [1.29, 1.82) is 0 Å². The number of methoxy groups -OCH3 is 1. The number of rotatable bonds is 6. The summed E-state index contributed by atoms with van der Waals surface area (Å²) in [6.07, 6.45) is 0. The summed E-state index contributed by atoms with van der Waals surface area (Å²) in [5, 5.41) is 22.5. The molecule has 2 heterocycles. The highest BCUT2D eigenvalue weighted by Gasteiger charge is 2.32. The van der Waals surface area contributed by atoms with Gasteiger partial charge in [0.2, 0.25) is 5.75 Å². The van der Waals surface area contributed by atoms with Crippen LogP contribution in [-0.4, -0.2) is 48.1 Å². The Morgan fingerprint density at radius 1 is 1.11 bits per heavy atom. The molecule has 0 spiro atoms. The lowest BCUT2D eigenvalue weighted by atomic mass is 10.2. The number of hydrogen-bond donors (Lipinski definition) is 1. The lowest BCUT2D eigenvalue weighted by Crippen LogP contribution is -3.13. The highest BCUT2D eigenvalue weighted by Crippen LogP contribution is 2.36. The molecule has 10 nitrogen and oxygen atoms in total. The predicted molar refractivity (Wildman–Crippen MR) is 97.2 cm³/mol. The molecule has 1 aromatic carbocycles. The van der Waals surface area contributed by atoms with Gasteiger partial charge in [-0.1, -0.05) is 30.3 Å². The fourth-order valence-corrected chi connectivity index (χ4v) is 3.24. The van der Waals surface area contributed by atoms with E-state index in [4.69, 9.17) is 4.74 Å². The summed E-state index contributed by atoms with van der Waals surface area (Å²) in [5.74, 6) is -1.25. The zero-order valence-electron chi connectivity index (χ0n) is 14.8. The molecule has 0 radical (unpaired) electrons. The van der Waals surface area contributed by atoms with Crippen molar-refractivity contribution >= 4 is 17.3 Å². The second-order valence-electron chi connectivity index (χ2n) is 6.27. The molecule has 0 amide bonds. The number of aromatic nitrogens is 1. The molecule has 1 aromatic heterocycles. The van der Waals surface area contributed by atoms with Crippen LogP contribution in [0.1, 0.15) is 5.56 Å². The molecular formula is C17H20N5O5+. The van der Waals surface area contributed by atoms with E-state index in [9.17, 15) is 20.2 Å². The molecule has 1 N–H and O–H groups in total. The minimum atomic E-state index is -0.780. The van der Waals surface area contributed by atoms with Crippen LogP contribution >= 0.6 is 0 Å². The van der Waals surface area contributed by atoms with E-state index < -0.39 is 21.5 Å². The third kappa shape index (κ3) is 4.11. The number of hydrogen-bond acceptors (Lipinski definition) is 7. The van der Waals surface area contributed by atoms with Crippen molar-refractivity contribution < 1.29 is 19.5 Å². The van der Waals surface area contributed by atoms with Crippen LogP contribution in [0.5, 0.6) is 5.75 Å². The summed E-state index contributed by atoms with van der Waals surface area (Å²) in [5.41, 5.74) is 1.49. The van der Waals surface area contributed by atoms with Crippen molar-refractivity contribution in [1.82, 2.24) is 4.98 Å². The van der Waals surface area contributed by atoms with Crippen molar-refractivity contribution in [3.63, 3.8) is 0 Å². The maximum atomic E-state index is 11.4. The fourth-order valence-electron chi connectivity index (χ4n) is 3.24. The second-order valence-corrected chi connectivity index (χ2v) is 6.27. The normalized spacial score (nSPS) is 14.8. The van der Waals surface area contributed by atoms with Crippen molar-refractivity contribution in [2.75, 3.05) is 38.2 Å². The van der Waals surface area contributed by atoms with Gasteiger partial charge < -0.3 is 34.8 Å². The van der Waals surface area contributed by atoms with Crippen LogP contribution in [0.4, 0.5) is 17.3 Å². The summed E-state index contributed by atoms with van der Waals surface area (Å²) in [7, 11) is 1.28. The minimum Gasteiger partial charge on any atom is -0.489 e. The topological polar surface area (TPSA) is 116 Å². The third-order valence-corrected chi connectivity index (χ3v) is 4.60. The highest BCUT2D eigenvalue weighted by atomic mass is 16.6. The molecule has 1 aliphatic rings. The zero-order valence-corrected chi connectivity index (χ0v) is 14.8. The molecule has 10 heteroatoms. The van der Waals surface area contributed by atoms with Crippen LogP contribution in [0.15, 0.2) is 36.4 Å². The average Bonchev–Trinajstić information content (AvgIpc) is 2.68. The molecule has 3 rings (SSSR count). The highest BCUT2D eigenvalue weighted by molar-refractivity contribution is 5.66. The molecule has 2 aromatic rings. The van der Waals surface area contributed by atoms with E-state index in [0.29, 0.717) is 13.1 Å². The second kappa shape index (κ2) is 7.96. The first-order valence-electron chi connectivity index (χ1n) is 8.50. The van der Waals surface area contributed by atoms with Gasteiger partial charge in [0.05, 0.1) is 33.3 Å². The molecule has 1 aliphatic heterocycles. The molecule has 1 saturated heterocycles. The summed E-state index contributed by atoms with van der Waals surface area (Å²) < 4.78 is 5.01. The Labute approximate surface area is 155 Å². The van der Waals surface area contributed by atoms with Gasteiger partial charge in [-0.05, 0) is 9.85 Å². The first-order chi connectivity index (χ1) is 13.0. The number of nitrogens with zero attached hydrogens (tertiary/aromatic N) is 4. The van der Waals surface area contributed by atoms with Crippen LogP contribution in [-0.2, 0) is 6.54 Å². The molecule has 27 heavy (non-hydrogen) atoms. The van der Waals surface area contributed by atoms with Gasteiger partial charge in [0.1, 0.15) is 12.2 Å². The molecule has 0 unspecified atom stereocenters. The van der Waals surface area contributed by atoms with Gasteiger partial charge in [0.15, 0.2) is 0 Å². The molecular weight excluding hydrogens is 354 g/mol. The Hall–Kier alpha value is -3.27. The van der Waals surface area contributed by atoms with E-state index >= 15 is 0 Å². The fraction of sp³-hybridized carbons (Fsp3) is 0.353. The summed E-state index contributed by atoms with van der Waals surface area (Å²) in [6.45, 7) is 3.66. The monoisotopic (exact) mass is 374 g/mol. The number of nitro groups is 2. The molecule has 0 atom stereocenters. The Morgan fingerprint density at radius 2 is 1.74 bits per heavy atom. The number of anilines is 1. The standard InChI is InChI=1S/C17H19N5O5/c1-27-15-11-14(16(21(23)24)18-17(15)22(25)26)20-9-7-19(8-10-20)12-13-5-3-2-4-6-13/h2-6,11H,7-10,12H2,1H3/p+1. The van der Waals surface area contributed by atoms with Gasteiger partial charge >= 0.3 is 11.6 Å². The Balaban J connectivity index is 1.78. The van der Waals surface area contributed by atoms with E-state index in [1.165, 1.54) is 23.6 Å². The van der Waals surface area contributed by atoms with Crippen LogP contribution in [0, 0.1) is 20.2 Å². The molecule has 142 valence electrons. The summed E-state index contributed by atoms with van der Waals surface area (Å²) in [4.78, 5) is 27.9. The number of nitrogens with one attached hydrogen (secondary N) is 1. The van der Waals surface area contributed by atoms with E-state index in [1.54, 1.807) is 0 Å². The number of pyridine rings is 1. The Bertz CT molecular complexity index is 837. The summed E-state index contributed by atoms with van der Waals surface area (Å²) in [6, 6.07) is 11.5. The third-order valence-electron chi connectivity index (χ3n) is 4.60. The van der Waals surface area contributed by atoms with E-state index in [2.05, 4.69) is 17.1 Å². The lowest BCUT2D eigenvalue weighted by Gasteiger charge is -2.33. The first kappa shape index (κ1) is 18.5. The number of quaternary nitrogens is 1. The van der Waals surface area contributed by atoms with Gasteiger partial charge in [-0.25, -0.2) is 0 Å². The van der Waals surface area contributed by atoms with E-state index in [0.717, 1.165) is 19.6 Å². The van der Waals surface area contributed by atoms with Crippen molar-refractivity contribution in [2.45, 2.75) is 6.54 Å². The molecule has 1 fully saturated rings. The summed E-state index contributed by atoms with van der Waals surface area (Å²) >= 11 is 0. The minimum absolute atomic E-state index is 0.0836. The smallest absolute Gasteiger partial charge is 0.410 e. The predicted octanol–water partition coefficient (Wildman–Crippen LogP) is 0.812. The first-order valence-corrected chi connectivity index (χ1v) is 8.50.